The average molecular weight is 206 g/mol. The van der Waals surface area contributed by atoms with E-state index in [0.717, 1.165) is 25.7 Å². The van der Waals surface area contributed by atoms with Crippen molar-refractivity contribution in [3.63, 3.8) is 0 Å². The van der Waals surface area contributed by atoms with Gasteiger partial charge in [0.25, 0.3) is 10.1 Å². The average Bonchev–Trinajstić information content (AvgIpc) is 2.05. The summed E-state index contributed by atoms with van der Waals surface area (Å²) >= 11 is 0. The zero-order chi connectivity index (χ0) is 9.90. The number of rotatable bonds is 3. The van der Waals surface area contributed by atoms with E-state index in [1.54, 1.807) is 0 Å². The molecule has 1 aliphatic carbocycles. The van der Waals surface area contributed by atoms with E-state index in [1.807, 2.05) is 6.92 Å². The van der Waals surface area contributed by atoms with E-state index in [0.29, 0.717) is 6.42 Å². The van der Waals surface area contributed by atoms with Crippen LogP contribution in [0.1, 0.15) is 45.4 Å². The maximum Gasteiger partial charge on any atom is 0.268 e. The van der Waals surface area contributed by atoms with Crippen molar-refractivity contribution < 1.29 is 13.0 Å². The first kappa shape index (κ1) is 11.0. The summed E-state index contributed by atoms with van der Waals surface area (Å²) < 4.78 is 31.0. The summed E-state index contributed by atoms with van der Waals surface area (Å²) in [5, 5.41) is -0.521. The van der Waals surface area contributed by atoms with Crippen LogP contribution in [0.5, 0.6) is 0 Å². The predicted molar refractivity (Wildman–Crippen MR) is 52.2 cm³/mol. The highest BCUT2D eigenvalue weighted by molar-refractivity contribution is 7.86. The lowest BCUT2D eigenvalue weighted by molar-refractivity contribution is 0.322. The van der Waals surface area contributed by atoms with Gasteiger partial charge < -0.3 is 0 Å². The summed E-state index contributed by atoms with van der Waals surface area (Å²) in [4.78, 5) is 0. The molecular weight excluding hydrogens is 188 g/mol. The van der Waals surface area contributed by atoms with E-state index in [1.165, 1.54) is 6.42 Å². The molecule has 1 fully saturated rings. The second-order valence-electron chi connectivity index (χ2n) is 3.86. The van der Waals surface area contributed by atoms with Crippen molar-refractivity contribution in [1.29, 1.82) is 0 Å². The predicted octanol–water partition coefficient (Wildman–Crippen LogP) is 2.23. The molecule has 13 heavy (non-hydrogen) atoms. The minimum absolute atomic E-state index is 0.189. The summed E-state index contributed by atoms with van der Waals surface area (Å²) in [6.45, 7) is 1.83. The van der Waals surface area contributed by atoms with Crippen LogP contribution >= 0.6 is 0 Å². The van der Waals surface area contributed by atoms with Gasteiger partial charge in [-0.05, 0) is 25.2 Å². The SMILES string of the molecule is CC[C@@H](C1CCCCC1)S(=O)(=O)O. The number of hydrogen-bond acceptors (Lipinski definition) is 2. The van der Waals surface area contributed by atoms with Gasteiger partial charge in [-0.3, -0.25) is 4.55 Å². The first-order valence-corrected chi connectivity index (χ1v) is 6.52. The third-order valence-corrected chi connectivity index (χ3v) is 4.44. The Morgan fingerprint density at radius 2 is 1.85 bits per heavy atom. The van der Waals surface area contributed by atoms with E-state index < -0.39 is 15.4 Å². The monoisotopic (exact) mass is 206 g/mol. The molecule has 0 aromatic rings. The summed E-state index contributed by atoms with van der Waals surface area (Å²) in [5.41, 5.74) is 0. The van der Waals surface area contributed by atoms with Crippen molar-refractivity contribution in [2.45, 2.75) is 50.7 Å². The third kappa shape index (κ3) is 2.95. The molecule has 0 bridgehead atoms. The molecule has 1 N–H and O–H groups in total. The first-order chi connectivity index (χ1) is 6.05. The Kier molecular flexibility index (Phi) is 3.74. The molecular formula is C9H18O3S. The van der Waals surface area contributed by atoms with Gasteiger partial charge in [0.05, 0.1) is 5.25 Å². The van der Waals surface area contributed by atoms with Crippen molar-refractivity contribution in [3.05, 3.63) is 0 Å². The van der Waals surface area contributed by atoms with Crippen LogP contribution in [-0.2, 0) is 10.1 Å². The maximum atomic E-state index is 11.0. The molecule has 1 aliphatic rings. The van der Waals surface area contributed by atoms with Crippen LogP contribution in [0.3, 0.4) is 0 Å². The molecule has 0 aromatic carbocycles. The molecule has 0 amide bonds. The lowest BCUT2D eigenvalue weighted by atomic mass is 9.86. The van der Waals surface area contributed by atoms with Gasteiger partial charge in [0.2, 0.25) is 0 Å². The highest BCUT2D eigenvalue weighted by Gasteiger charge is 2.31. The molecule has 1 atom stereocenters. The molecule has 0 saturated heterocycles. The van der Waals surface area contributed by atoms with Crippen LogP contribution in [0, 0.1) is 5.92 Å². The molecule has 1 saturated carbocycles. The van der Waals surface area contributed by atoms with Crippen LogP contribution in [0.4, 0.5) is 0 Å². The molecule has 0 radical (unpaired) electrons. The topological polar surface area (TPSA) is 54.4 Å². The lowest BCUT2D eigenvalue weighted by Gasteiger charge is -2.27. The Morgan fingerprint density at radius 1 is 1.31 bits per heavy atom. The van der Waals surface area contributed by atoms with Gasteiger partial charge in [0, 0.05) is 0 Å². The van der Waals surface area contributed by atoms with Crippen LogP contribution in [0.15, 0.2) is 0 Å². The van der Waals surface area contributed by atoms with Gasteiger partial charge >= 0.3 is 0 Å². The van der Waals surface area contributed by atoms with E-state index >= 15 is 0 Å². The molecule has 78 valence electrons. The highest BCUT2D eigenvalue weighted by atomic mass is 32.2. The highest BCUT2D eigenvalue weighted by Crippen LogP contribution is 2.30. The lowest BCUT2D eigenvalue weighted by Crippen LogP contribution is -2.30. The van der Waals surface area contributed by atoms with Gasteiger partial charge in [0.1, 0.15) is 0 Å². The zero-order valence-electron chi connectivity index (χ0n) is 8.07. The summed E-state index contributed by atoms with van der Waals surface area (Å²) in [6, 6.07) is 0. The van der Waals surface area contributed by atoms with E-state index in [4.69, 9.17) is 4.55 Å². The Morgan fingerprint density at radius 3 is 2.23 bits per heavy atom. The van der Waals surface area contributed by atoms with Crippen molar-refractivity contribution >= 4 is 10.1 Å². The Labute approximate surface area is 80.3 Å². The maximum absolute atomic E-state index is 11.0. The second kappa shape index (κ2) is 4.42. The summed E-state index contributed by atoms with van der Waals surface area (Å²) in [6.07, 6.45) is 5.87. The van der Waals surface area contributed by atoms with Crippen molar-refractivity contribution in [2.24, 2.45) is 5.92 Å². The fourth-order valence-corrected chi connectivity index (χ4v) is 3.47. The van der Waals surface area contributed by atoms with E-state index in [9.17, 15) is 8.42 Å². The van der Waals surface area contributed by atoms with Gasteiger partial charge in [-0.1, -0.05) is 26.2 Å². The standard InChI is InChI=1S/C9H18O3S/c1-2-9(13(10,11)12)8-6-4-3-5-7-8/h8-9H,2-7H2,1H3,(H,10,11,12)/t9-/m0/s1. The van der Waals surface area contributed by atoms with E-state index in [-0.39, 0.29) is 5.92 Å². The van der Waals surface area contributed by atoms with Gasteiger partial charge in [0.15, 0.2) is 0 Å². The Bertz CT molecular complexity index is 240. The van der Waals surface area contributed by atoms with Crippen LogP contribution < -0.4 is 0 Å². The Hall–Kier alpha value is -0.0900. The van der Waals surface area contributed by atoms with Crippen molar-refractivity contribution in [3.8, 4) is 0 Å². The molecule has 0 unspecified atom stereocenters. The summed E-state index contributed by atoms with van der Waals surface area (Å²) in [5.74, 6) is 0.189. The third-order valence-electron chi connectivity index (χ3n) is 2.96. The molecule has 0 spiro atoms. The molecule has 3 nitrogen and oxygen atoms in total. The fraction of sp³-hybridized carbons (Fsp3) is 1.00. The molecule has 4 heteroatoms. The van der Waals surface area contributed by atoms with Crippen molar-refractivity contribution in [2.75, 3.05) is 0 Å². The molecule has 0 aromatic heterocycles. The minimum Gasteiger partial charge on any atom is -0.285 e. The number of hydrogen-bond donors (Lipinski definition) is 1. The second-order valence-corrected chi connectivity index (χ2v) is 5.50. The minimum atomic E-state index is -3.81. The van der Waals surface area contributed by atoms with E-state index in [2.05, 4.69) is 0 Å². The van der Waals surface area contributed by atoms with Crippen molar-refractivity contribution in [1.82, 2.24) is 0 Å². The van der Waals surface area contributed by atoms with Crippen LogP contribution in [0.25, 0.3) is 0 Å². The van der Waals surface area contributed by atoms with Gasteiger partial charge in [-0.15, -0.1) is 0 Å². The fourth-order valence-electron chi connectivity index (χ4n) is 2.29. The normalized spacial score (nSPS) is 22.9. The molecule has 0 aliphatic heterocycles. The largest absolute Gasteiger partial charge is 0.285 e. The van der Waals surface area contributed by atoms with Gasteiger partial charge in [-0.2, -0.15) is 8.42 Å². The molecule has 0 heterocycles. The quantitative estimate of drug-likeness (QED) is 0.720. The first-order valence-electron chi connectivity index (χ1n) is 5.02. The zero-order valence-corrected chi connectivity index (χ0v) is 8.89. The molecule has 1 rings (SSSR count). The van der Waals surface area contributed by atoms with Crippen LogP contribution in [0.2, 0.25) is 0 Å². The summed E-state index contributed by atoms with van der Waals surface area (Å²) in [7, 11) is -3.81. The Balaban J connectivity index is 2.65. The van der Waals surface area contributed by atoms with Gasteiger partial charge in [-0.25, -0.2) is 0 Å². The van der Waals surface area contributed by atoms with Crippen LogP contribution in [-0.4, -0.2) is 18.2 Å². The smallest absolute Gasteiger partial charge is 0.268 e.